The van der Waals surface area contributed by atoms with E-state index in [1.165, 1.54) is 0 Å². The second kappa shape index (κ2) is 8.32. The van der Waals surface area contributed by atoms with E-state index in [4.69, 9.17) is 0 Å². The van der Waals surface area contributed by atoms with Crippen molar-refractivity contribution in [3.63, 3.8) is 0 Å². The minimum atomic E-state index is 0.334. The molecule has 1 unspecified atom stereocenters. The van der Waals surface area contributed by atoms with Gasteiger partial charge in [-0.05, 0) is 42.9 Å². The summed E-state index contributed by atoms with van der Waals surface area (Å²) in [5, 5.41) is 6.63. The van der Waals surface area contributed by atoms with Crippen LogP contribution in [0, 0.1) is 0 Å². The molecule has 19 heavy (non-hydrogen) atoms. The molecule has 0 saturated heterocycles. The maximum Gasteiger partial charge on any atom is 0.146 e. The first kappa shape index (κ1) is 16.2. The summed E-state index contributed by atoms with van der Waals surface area (Å²) >= 11 is 3.55. The Hall–Kier alpha value is -0.880. The first-order valence-corrected chi connectivity index (χ1v) is 7.64. The zero-order chi connectivity index (χ0) is 14.3. The Morgan fingerprint density at radius 2 is 1.84 bits per heavy atom. The van der Waals surface area contributed by atoms with E-state index in [0.29, 0.717) is 6.04 Å². The summed E-state index contributed by atoms with van der Waals surface area (Å²) in [6, 6.07) is 0.334. The fourth-order valence-electron chi connectivity index (χ4n) is 1.91. The van der Waals surface area contributed by atoms with Gasteiger partial charge in [-0.3, -0.25) is 0 Å². The number of likely N-dealkylation sites (N-methyl/N-ethyl adjacent to an activating group) is 1. The van der Waals surface area contributed by atoms with Gasteiger partial charge in [-0.2, -0.15) is 0 Å². The quantitative estimate of drug-likeness (QED) is 0.768. The van der Waals surface area contributed by atoms with Crippen LogP contribution < -0.4 is 10.6 Å². The number of rotatable bonds is 8. The van der Waals surface area contributed by atoms with Gasteiger partial charge in [0.1, 0.15) is 22.4 Å². The number of hydrogen-bond donors (Lipinski definition) is 2. The van der Waals surface area contributed by atoms with E-state index in [0.717, 1.165) is 42.3 Å². The molecule has 108 valence electrons. The van der Waals surface area contributed by atoms with E-state index in [-0.39, 0.29) is 0 Å². The molecule has 0 amide bonds. The molecule has 1 aromatic rings. The van der Waals surface area contributed by atoms with Crippen LogP contribution in [0.1, 0.15) is 27.7 Å². The van der Waals surface area contributed by atoms with Crippen molar-refractivity contribution in [2.24, 2.45) is 0 Å². The Morgan fingerprint density at radius 3 is 2.42 bits per heavy atom. The molecule has 1 rings (SSSR count). The van der Waals surface area contributed by atoms with Crippen LogP contribution in [0.4, 0.5) is 11.6 Å². The summed E-state index contributed by atoms with van der Waals surface area (Å²) < 4.78 is 0.892. The predicted octanol–water partition coefficient (Wildman–Crippen LogP) is 2.81. The van der Waals surface area contributed by atoms with Crippen molar-refractivity contribution < 1.29 is 0 Å². The summed E-state index contributed by atoms with van der Waals surface area (Å²) in [6.45, 7) is 12.5. The van der Waals surface area contributed by atoms with E-state index in [2.05, 4.69) is 62.2 Å². The molecule has 0 aliphatic carbocycles. The van der Waals surface area contributed by atoms with Crippen molar-refractivity contribution in [1.82, 2.24) is 14.9 Å². The highest BCUT2D eigenvalue weighted by atomic mass is 79.9. The lowest BCUT2D eigenvalue weighted by molar-refractivity contribution is 0.294. The summed E-state index contributed by atoms with van der Waals surface area (Å²) in [7, 11) is 0. The monoisotopic (exact) mass is 329 g/mol. The lowest BCUT2D eigenvalue weighted by Crippen LogP contribution is -2.35. The van der Waals surface area contributed by atoms with Crippen molar-refractivity contribution in [2.45, 2.75) is 33.7 Å². The highest BCUT2D eigenvalue weighted by Crippen LogP contribution is 2.26. The van der Waals surface area contributed by atoms with Gasteiger partial charge in [0, 0.05) is 19.1 Å². The topological polar surface area (TPSA) is 53.1 Å². The fraction of sp³-hybridized carbons (Fsp3) is 0.692. The van der Waals surface area contributed by atoms with E-state index < -0.39 is 0 Å². The molecular formula is C13H24BrN5. The molecule has 1 heterocycles. The Labute approximate surface area is 124 Å². The van der Waals surface area contributed by atoms with Gasteiger partial charge in [0.25, 0.3) is 0 Å². The molecule has 6 heteroatoms. The SMILES string of the molecule is CCNc1ncnc(NC(C)CN(CC)CC)c1Br. The molecule has 0 aliphatic heterocycles. The zero-order valence-electron chi connectivity index (χ0n) is 12.2. The molecule has 0 fully saturated rings. The highest BCUT2D eigenvalue weighted by molar-refractivity contribution is 9.10. The molecule has 0 spiro atoms. The van der Waals surface area contributed by atoms with Crippen LogP contribution in [0.25, 0.3) is 0 Å². The standard InChI is InChI=1S/C13H24BrN5/c1-5-15-12-11(14)13(17-9-16-12)18-10(4)8-19(6-2)7-3/h9-10H,5-8H2,1-4H3,(H2,15,16,17,18). The van der Waals surface area contributed by atoms with Crippen LogP contribution in [-0.4, -0.2) is 47.1 Å². The minimum Gasteiger partial charge on any atom is -0.369 e. The third-order valence-corrected chi connectivity index (χ3v) is 3.69. The van der Waals surface area contributed by atoms with Gasteiger partial charge in [0.2, 0.25) is 0 Å². The van der Waals surface area contributed by atoms with Gasteiger partial charge in [0.05, 0.1) is 0 Å². The molecule has 0 bridgehead atoms. The molecule has 0 aromatic carbocycles. The fourth-order valence-corrected chi connectivity index (χ4v) is 2.37. The average Bonchev–Trinajstić information content (AvgIpc) is 2.41. The highest BCUT2D eigenvalue weighted by Gasteiger charge is 2.12. The van der Waals surface area contributed by atoms with E-state index >= 15 is 0 Å². The Balaban J connectivity index is 2.68. The van der Waals surface area contributed by atoms with Gasteiger partial charge >= 0.3 is 0 Å². The smallest absolute Gasteiger partial charge is 0.146 e. The first-order valence-electron chi connectivity index (χ1n) is 6.85. The molecule has 1 aromatic heterocycles. The van der Waals surface area contributed by atoms with Crippen molar-refractivity contribution in [1.29, 1.82) is 0 Å². The molecule has 2 N–H and O–H groups in total. The number of aromatic nitrogens is 2. The van der Waals surface area contributed by atoms with Crippen LogP contribution in [0.5, 0.6) is 0 Å². The van der Waals surface area contributed by atoms with Crippen LogP contribution in [0.2, 0.25) is 0 Å². The van der Waals surface area contributed by atoms with Crippen molar-refractivity contribution >= 4 is 27.6 Å². The minimum absolute atomic E-state index is 0.334. The number of hydrogen-bond acceptors (Lipinski definition) is 5. The molecule has 0 radical (unpaired) electrons. The number of halogens is 1. The van der Waals surface area contributed by atoms with Crippen molar-refractivity contribution in [3.8, 4) is 0 Å². The van der Waals surface area contributed by atoms with E-state index in [1.807, 2.05) is 6.92 Å². The van der Waals surface area contributed by atoms with E-state index in [1.54, 1.807) is 6.33 Å². The number of nitrogens with one attached hydrogen (secondary N) is 2. The summed E-state index contributed by atoms with van der Waals surface area (Å²) in [5.41, 5.74) is 0. The van der Waals surface area contributed by atoms with Gasteiger partial charge in [-0.1, -0.05) is 13.8 Å². The maximum absolute atomic E-state index is 4.29. The molecular weight excluding hydrogens is 306 g/mol. The molecule has 0 aliphatic rings. The third-order valence-electron chi connectivity index (χ3n) is 2.94. The van der Waals surface area contributed by atoms with E-state index in [9.17, 15) is 0 Å². The second-order valence-corrected chi connectivity index (χ2v) is 5.24. The van der Waals surface area contributed by atoms with Crippen molar-refractivity contribution in [2.75, 3.05) is 36.8 Å². The van der Waals surface area contributed by atoms with Crippen LogP contribution in [0.15, 0.2) is 10.8 Å². The maximum atomic E-state index is 4.29. The molecule has 5 nitrogen and oxygen atoms in total. The Morgan fingerprint density at radius 1 is 1.21 bits per heavy atom. The lowest BCUT2D eigenvalue weighted by atomic mass is 10.3. The van der Waals surface area contributed by atoms with Gasteiger partial charge < -0.3 is 15.5 Å². The van der Waals surface area contributed by atoms with Crippen LogP contribution in [-0.2, 0) is 0 Å². The van der Waals surface area contributed by atoms with Gasteiger partial charge in [-0.25, -0.2) is 9.97 Å². The second-order valence-electron chi connectivity index (χ2n) is 4.45. The van der Waals surface area contributed by atoms with Gasteiger partial charge in [0.15, 0.2) is 0 Å². The first-order chi connectivity index (χ1) is 9.12. The van der Waals surface area contributed by atoms with Crippen molar-refractivity contribution in [3.05, 3.63) is 10.8 Å². The lowest BCUT2D eigenvalue weighted by Gasteiger charge is -2.24. The summed E-state index contributed by atoms with van der Waals surface area (Å²) in [4.78, 5) is 10.9. The zero-order valence-corrected chi connectivity index (χ0v) is 13.8. The number of nitrogens with zero attached hydrogens (tertiary/aromatic N) is 3. The Kier molecular flexibility index (Phi) is 7.09. The number of anilines is 2. The third kappa shape index (κ3) is 4.95. The van der Waals surface area contributed by atoms with Crippen LogP contribution >= 0.6 is 15.9 Å². The largest absolute Gasteiger partial charge is 0.369 e. The van der Waals surface area contributed by atoms with Crippen LogP contribution in [0.3, 0.4) is 0 Å². The predicted molar refractivity (Wildman–Crippen MR) is 84.8 cm³/mol. The normalized spacial score (nSPS) is 12.5. The average molecular weight is 330 g/mol. The Bertz CT molecular complexity index is 381. The molecule has 0 saturated carbocycles. The summed E-state index contributed by atoms with van der Waals surface area (Å²) in [6.07, 6.45) is 1.58. The van der Waals surface area contributed by atoms with Gasteiger partial charge in [-0.15, -0.1) is 0 Å². The summed E-state index contributed by atoms with van der Waals surface area (Å²) in [5.74, 6) is 1.67. The molecule has 1 atom stereocenters.